The van der Waals surface area contributed by atoms with Crippen LogP contribution in [-0.4, -0.2) is 55.6 Å². The van der Waals surface area contributed by atoms with Gasteiger partial charge in [0, 0.05) is 32.7 Å². The van der Waals surface area contributed by atoms with E-state index in [1.54, 1.807) is 4.90 Å². The van der Waals surface area contributed by atoms with E-state index in [4.69, 9.17) is 11.6 Å². The van der Waals surface area contributed by atoms with Crippen molar-refractivity contribution in [1.29, 1.82) is 0 Å². The number of benzene rings is 1. The van der Waals surface area contributed by atoms with Crippen molar-refractivity contribution in [2.75, 3.05) is 37.6 Å². The Hall–Kier alpha value is -2.16. The second-order valence-electron chi connectivity index (χ2n) is 6.22. The van der Waals surface area contributed by atoms with Crippen molar-refractivity contribution in [3.8, 4) is 0 Å². The lowest BCUT2D eigenvalue weighted by atomic mass is 10.1. The molecule has 2 fully saturated rings. The van der Waals surface area contributed by atoms with Crippen LogP contribution in [0, 0.1) is 0 Å². The Morgan fingerprint density at radius 2 is 1.92 bits per heavy atom. The fraction of sp³-hybridized carbons (Fsp3) is 0.500. The van der Waals surface area contributed by atoms with Gasteiger partial charge in [0.05, 0.1) is 16.3 Å². The van der Waals surface area contributed by atoms with Crippen LogP contribution in [0.25, 0.3) is 0 Å². The molecule has 26 heavy (non-hydrogen) atoms. The molecule has 2 aliphatic rings. The first-order valence-corrected chi connectivity index (χ1v) is 8.58. The molecule has 6 nitrogen and oxygen atoms in total. The van der Waals surface area contributed by atoms with Gasteiger partial charge >= 0.3 is 12.2 Å². The van der Waals surface area contributed by atoms with Gasteiger partial charge in [0.1, 0.15) is 6.04 Å². The Morgan fingerprint density at radius 3 is 2.46 bits per heavy atom. The second-order valence-corrected chi connectivity index (χ2v) is 6.63. The van der Waals surface area contributed by atoms with Gasteiger partial charge in [-0.1, -0.05) is 11.6 Å². The number of nitrogens with one attached hydrogen (secondary N) is 2. The average Bonchev–Trinajstić information content (AvgIpc) is 2.99. The Bertz CT molecular complexity index is 705. The van der Waals surface area contributed by atoms with Crippen LogP contribution >= 0.6 is 11.6 Å². The number of amides is 3. The number of urea groups is 1. The topological polar surface area (TPSA) is 64.7 Å². The number of hydrogen-bond donors (Lipinski definition) is 2. The molecule has 0 aromatic heterocycles. The fourth-order valence-corrected chi connectivity index (χ4v) is 3.36. The van der Waals surface area contributed by atoms with Crippen LogP contribution in [0.4, 0.5) is 23.7 Å². The summed E-state index contributed by atoms with van der Waals surface area (Å²) in [4.78, 5) is 27.2. The fourth-order valence-electron chi connectivity index (χ4n) is 3.06. The van der Waals surface area contributed by atoms with Crippen molar-refractivity contribution in [2.45, 2.75) is 18.6 Å². The lowest BCUT2D eigenvalue weighted by molar-refractivity contribution is -0.137. The molecule has 1 atom stereocenters. The molecule has 3 rings (SSSR count). The van der Waals surface area contributed by atoms with E-state index in [9.17, 15) is 22.8 Å². The number of carbonyl (C=O) groups is 2. The molecule has 0 unspecified atom stereocenters. The first kappa shape index (κ1) is 18.6. The molecule has 1 aromatic carbocycles. The zero-order valence-corrected chi connectivity index (χ0v) is 14.5. The highest BCUT2D eigenvalue weighted by molar-refractivity contribution is 6.33. The Kier molecular flexibility index (Phi) is 5.17. The maximum absolute atomic E-state index is 12.7. The number of carbonyl (C=O) groups excluding carboxylic acids is 2. The zero-order valence-electron chi connectivity index (χ0n) is 13.8. The summed E-state index contributed by atoms with van der Waals surface area (Å²) in [5.41, 5.74) is -0.283. The molecule has 2 N–H and O–H groups in total. The van der Waals surface area contributed by atoms with E-state index in [2.05, 4.69) is 10.6 Å². The largest absolute Gasteiger partial charge is 0.416 e. The summed E-state index contributed by atoms with van der Waals surface area (Å²) in [6, 6.07) is 2.44. The highest BCUT2D eigenvalue weighted by atomic mass is 35.5. The van der Waals surface area contributed by atoms with E-state index in [0.717, 1.165) is 12.1 Å². The minimum Gasteiger partial charge on any atom is -0.367 e. The molecular formula is C16H18ClF3N4O2. The van der Waals surface area contributed by atoms with Crippen molar-refractivity contribution in [2.24, 2.45) is 0 Å². The molecule has 2 heterocycles. The normalized spacial score (nSPS) is 20.9. The smallest absolute Gasteiger partial charge is 0.367 e. The third-order valence-electron chi connectivity index (χ3n) is 4.53. The summed E-state index contributed by atoms with van der Waals surface area (Å²) in [6.45, 7) is 2.20. The van der Waals surface area contributed by atoms with Gasteiger partial charge in [0.25, 0.3) is 0 Å². The van der Waals surface area contributed by atoms with Crippen LogP contribution in [0.5, 0.6) is 0 Å². The number of anilines is 1. The van der Waals surface area contributed by atoms with E-state index < -0.39 is 17.8 Å². The van der Waals surface area contributed by atoms with Crippen molar-refractivity contribution in [3.63, 3.8) is 0 Å². The second kappa shape index (κ2) is 7.22. The van der Waals surface area contributed by atoms with Gasteiger partial charge in [-0.05, 0) is 24.6 Å². The van der Waals surface area contributed by atoms with Crippen molar-refractivity contribution >= 4 is 29.2 Å². The number of hydrogen-bond acceptors (Lipinski definition) is 3. The van der Waals surface area contributed by atoms with Crippen LogP contribution in [0.15, 0.2) is 18.2 Å². The molecule has 0 radical (unpaired) electrons. The summed E-state index contributed by atoms with van der Waals surface area (Å²) in [7, 11) is 0. The lowest BCUT2D eigenvalue weighted by Crippen LogP contribution is -2.54. The maximum atomic E-state index is 12.7. The van der Waals surface area contributed by atoms with Gasteiger partial charge in [0.15, 0.2) is 0 Å². The van der Waals surface area contributed by atoms with Crippen LogP contribution in [-0.2, 0) is 11.0 Å². The minimum absolute atomic E-state index is 0.0281. The molecule has 1 aromatic rings. The standard InChI is InChI=1S/C16H18ClF3N4O2/c17-11-9-10(16(18,19)20)1-2-13(11)23-5-7-24(8-6-23)15(26)22-12-3-4-21-14(12)25/h1-2,9,12H,3-8H2,(H,21,25)(H,22,26)/t12-/m0/s1. The van der Waals surface area contributed by atoms with Crippen LogP contribution in [0.2, 0.25) is 5.02 Å². The van der Waals surface area contributed by atoms with Gasteiger partial charge in [0.2, 0.25) is 5.91 Å². The van der Waals surface area contributed by atoms with Crippen LogP contribution in [0.1, 0.15) is 12.0 Å². The quantitative estimate of drug-likeness (QED) is 0.812. The zero-order chi connectivity index (χ0) is 18.9. The number of halogens is 4. The molecule has 0 spiro atoms. The molecule has 10 heteroatoms. The van der Waals surface area contributed by atoms with Crippen LogP contribution < -0.4 is 15.5 Å². The summed E-state index contributed by atoms with van der Waals surface area (Å²) in [5, 5.41) is 5.37. The molecular weight excluding hydrogens is 373 g/mol. The van der Waals surface area contributed by atoms with Gasteiger partial charge in [-0.3, -0.25) is 4.79 Å². The number of rotatable bonds is 2. The maximum Gasteiger partial charge on any atom is 0.416 e. The lowest BCUT2D eigenvalue weighted by Gasteiger charge is -2.36. The SMILES string of the molecule is O=C1NCC[C@@H]1NC(=O)N1CCN(c2ccc(C(F)(F)F)cc2Cl)CC1. The predicted molar refractivity (Wildman–Crippen MR) is 90.2 cm³/mol. The molecule has 3 amide bonds. The van der Waals surface area contributed by atoms with E-state index in [1.165, 1.54) is 6.07 Å². The monoisotopic (exact) mass is 390 g/mol. The predicted octanol–water partition coefficient (Wildman–Crippen LogP) is 2.08. The molecule has 2 saturated heterocycles. The van der Waals surface area contributed by atoms with Crippen molar-refractivity contribution in [3.05, 3.63) is 28.8 Å². The van der Waals surface area contributed by atoms with Gasteiger partial charge in [-0.25, -0.2) is 4.79 Å². The van der Waals surface area contributed by atoms with Gasteiger partial charge in [-0.2, -0.15) is 13.2 Å². The summed E-state index contributed by atoms with van der Waals surface area (Å²) < 4.78 is 38.2. The number of alkyl halides is 3. The molecule has 2 aliphatic heterocycles. The van der Waals surface area contributed by atoms with Crippen LogP contribution in [0.3, 0.4) is 0 Å². The van der Waals surface area contributed by atoms with E-state index in [0.29, 0.717) is 44.8 Å². The van der Waals surface area contributed by atoms with Crippen molar-refractivity contribution in [1.82, 2.24) is 15.5 Å². The van der Waals surface area contributed by atoms with E-state index >= 15 is 0 Å². The molecule has 0 aliphatic carbocycles. The first-order valence-electron chi connectivity index (χ1n) is 8.20. The average molecular weight is 391 g/mol. The summed E-state index contributed by atoms with van der Waals surface area (Å²) >= 11 is 6.02. The Labute approximate surface area is 153 Å². The highest BCUT2D eigenvalue weighted by Gasteiger charge is 2.32. The number of piperazine rings is 1. The van der Waals surface area contributed by atoms with Crippen molar-refractivity contribution < 1.29 is 22.8 Å². The van der Waals surface area contributed by atoms with E-state index in [-0.39, 0.29) is 17.0 Å². The highest BCUT2D eigenvalue weighted by Crippen LogP contribution is 2.35. The third kappa shape index (κ3) is 3.98. The Balaban J connectivity index is 1.58. The minimum atomic E-state index is -4.44. The molecule has 142 valence electrons. The molecule has 0 saturated carbocycles. The van der Waals surface area contributed by atoms with Gasteiger partial charge in [-0.15, -0.1) is 0 Å². The van der Waals surface area contributed by atoms with E-state index in [1.807, 2.05) is 4.90 Å². The number of nitrogens with zero attached hydrogens (tertiary/aromatic N) is 2. The van der Waals surface area contributed by atoms with Gasteiger partial charge < -0.3 is 20.4 Å². The Morgan fingerprint density at radius 1 is 1.23 bits per heavy atom. The summed E-state index contributed by atoms with van der Waals surface area (Å²) in [6.07, 6.45) is -3.88. The third-order valence-corrected chi connectivity index (χ3v) is 4.83. The molecule has 0 bridgehead atoms. The first-order chi connectivity index (χ1) is 12.3. The summed E-state index contributed by atoms with van der Waals surface area (Å²) in [5.74, 6) is -0.187.